The van der Waals surface area contributed by atoms with Crippen molar-refractivity contribution in [1.82, 2.24) is 0 Å². The lowest BCUT2D eigenvalue weighted by Gasteiger charge is -2.72. The second-order valence-electron chi connectivity index (χ2n) is 15.5. The van der Waals surface area contributed by atoms with Crippen LogP contribution < -0.4 is 0 Å². The highest BCUT2D eigenvalue weighted by Gasteiger charge is 2.72. The molecule has 6 N–H and O–H groups in total. The molecular formula is C30H50O6. The second kappa shape index (κ2) is 7.79. The summed E-state index contributed by atoms with van der Waals surface area (Å²) < 4.78 is 0. The molecule has 5 rings (SSSR count). The van der Waals surface area contributed by atoms with E-state index in [0.29, 0.717) is 19.3 Å². The predicted molar refractivity (Wildman–Crippen MR) is 138 cm³/mol. The van der Waals surface area contributed by atoms with Gasteiger partial charge in [0, 0.05) is 0 Å². The molecule has 0 amide bonds. The lowest BCUT2D eigenvalue weighted by Crippen LogP contribution is -2.72. The van der Waals surface area contributed by atoms with E-state index in [-0.39, 0.29) is 46.0 Å². The highest BCUT2D eigenvalue weighted by molar-refractivity contribution is 5.36. The Morgan fingerprint density at radius 2 is 1.44 bits per heavy atom. The molecule has 0 aromatic rings. The number of fused-ring (bicyclic) bond motifs is 7. The molecule has 6 nitrogen and oxygen atoms in total. The minimum atomic E-state index is -1.20. The minimum Gasteiger partial charge on any atom is -0.396 e. The minimum absolute atomic E-state index is 0.145. The van der Waals surface area contributed by atoms with Crippen molar-refractivity contribution in [2.45, 2.75) is 118 Å². The third-order valence-corrected chi connectivity index (χ3v) is 13.4. The van der Waals surface area contributed by atoms with E-state index in [4.69, 9.17) is 0 Å². The third-order valence-electron chi connectivity index (χ3n) is 13.4. The molecule has 4 saturated carbocycles. The Labute approximate surface area is 216 Å². The molecule has 0 saturated heterocycles. The summed E-state index contributed by atoms with van der Waals surface area (Å²) in [4.78, 5) is 0. The number of rotatable bonds is 1. The van der Waals surface area contributed by atoms with Crippen molar-refractivity contribution in [2.75, 3.05) is 6.61 Å². The van der Waals surface area contributed by atoms with E-state index in [1.165, 1.54) is 5.57 Å². The van der Waals surface area contributed by atoms with Gasteiger partial charge in [0.15, 0.2) is 0 Å². The SMILES string of the molecule is CC1(C)C[C@@H]2C3=CC[C@@H]4[C@@]5(C)C[C@@H](O)[C@H](O)C(C)(C)C5CC[C@@]4(C)[C@]3(C)C[C@H](O)[C@@]2(CO)[C@@H](O)[C@@H]1O. The van der Waals surface area contributed by atoms with Gasteiger partial charge in [-0.05, 0) is 83.4 Å². The van der Waals surface area contributed by atoms with Crippen molar-refractivity contribution in [2.24, 2.45) is 50.2 Å². The standard InChI is InChI=1S/C30H50O6/c1-25(2)12-17-16-8-9-20-27(5)13-18(32)22(34)26(3,4)19(27)10-11-28(20,6)29(16,7)14-21(33)30(17,15-31)24(36)23(25)35/h8,17-24,31-36H,9-15H2,1-7H3/t17-,18-,19?,20-,21+,22+,23+,24+,27+,28-,29-,30+/m1/s1. The van der Waals surface area contributed by atoms with Crippen LogP contribution in [0.3, 0.4) is 0 Å². The van der Waals surface area contributed by atoms with Crippen molar-refractivity contribution in [3.05, 3.63) is 11.6 Å². The van der Waals surface area contributed by atoms with Gasteiger partial charge in [0.25, 0.3) is 0 Å². The smallest absolute Gasteiger partial charge is 0.0913 e. The van der Waals surface area contributed by atoms with E-state index in [0.717, 1.165) is 19.3 Å². The lowest BCUT2D eigenvalue weighted by molar-refractivity contribution is -0.263. The molecule has 0 heterocycles. The number of allylic oxidation sites excluding steroid dienone is 2. The molecule has 206 valence electrons. The molecular weight excluding hydrogens is 456 g/mol. The number of aliphatic hydroxyl groups is 6. The van der Waals surface area contributed by atoms with Crippen molar-refractivity contribution < 1.29 is 30.6 Å². The average Bonchev–Trinajstić information content (AvgIpc) is 2.77. The van der Waals surface area contributed by atoms with Gasteiger partial charge in [0.05, 0.1) is 42.5 Å². The van der Waals surface area contributed by atoms with E-state index in [1.54, 1.807) is 0 Å². The average molecular weight is 507 g/mol. The quantitative estimate of drug-likeness (QED) is 0.304. The summed E-state index contributed by atoms with van der Waals surface area (Å²) in [5.74, 6) is 0.346. The monoisotopic (exact) mass is 506 g/mol. The first-order chi connectivity index (χ1) is 16.4. The highest BCUT2D eigenvalue weighted by atomic mass is 16.3. The maximum absolute atomic E-state index is 11.7. The van der Waals surface area contributed by atoms with Crippen LogP contribution in [0.2, 0.25) is 0 Å². The first kappa shape index (κ1) is 27.1. The summed E-state index contributed by atoms with van der Waals surface area (Å²) in [5.41, 5.74) is -1.50. The third kappa shape index (κ3) is 2.95. The van der Waals surface area contributed by atoms with Crippen LogP contribution in [0.15, 0.2) is 11.6 Å². The van der Waals surface area contributed by atoms with Crippen LogP contribution in [0.25, 0.3) is 0 Å². The molecule has 1 unspecified atom stereocenters. The Morgan fingerprint density at radius 1 is 0.806 bits per heavy atom. The molecule has 0 aromatic carbocycles. The first-order valence-corrected chi connectivity index (χ1v) is 14.2. The Bertz CT molecular complexity index is 944. The topological polar surface area (TPSA) is 121 Å². The van der Waals surface area contributed by atoms with Gasteiger partial charge in [-0.3, -0.25) is 0 Å². The molecule has 0 spiro atoms. The summed E-state index contributed by atoms with van der Waals surface area (Å²) in [6, 6.07) is 0. The fraction of sp³-hybridized carbons (Fsp3) is 0.933. The molecule has 36 heavy (non-hydrogen) atoms. The molecule has 0 aliphatic heterocycles. The zero-order chi connectivity index (χ0) is 26.9. The van der Waals surface area contributed by atoms with Gasteiger partial charge in [-0.2, -0.15) is 0 Å². The van der Waals surface area contributed by atoms with E-state index < -0.39 is 41.3 Å². The normalized spacial score (nSPS) is 57.5. The van der Waals surface area contributed by atoms with Gasteiger partial charge in [-0.1, -0.05) is 60.1 Å². The highest BCUT2D eigenvalue weighted by Crippen LogP contribution is 2.75. The zero-order valence-corrected chi connectivity index (χ0v) is 23.3. The summed E-state index contributed by atoms with van der Waals surface area (Å²) in [6.07, 6.45) is 2.09. The maximum atomic E-state index is 11.7. The van der Waals surface area contributed by atoms with Crippen LogP contribution >= 0.6 is 0 Å². The number of aliphatic hydroxyl groups excluding tert-OH is 6. The summed E-state index contributed by atoms with van der Waals surface area (Å²) in [5, 5.41) is 66.6. The second-order valence-corrected chi connectivity index (χ2v) is 15.5. The Kier molecular flexibility index (Phi) is 5.86. The summed E-state index contributed by atoms with van der Waals surface area (Å²) in [6.45, 7) is 14.8. The fourth-order valence-corrected chi connectivity index (χ4v) is 11.0. The van der Waals surface area contributed by atoms with Gasteiger partial charge in [0.1, 0.15) is 0 Å². The molecule has 6 heteroatoms. The number of hydrogen-bond acceptors (Lipinski definition) is 6. The molecule has 4 fully saturated rings. The largest absolute Gasteiger partial charge is 0.396 e. The fourth-order valence-electron chi connectivity index (χ4n) is 11.0. The first-order valence-electron chi connectivity index (χ1n) is 14.2. The molecule has 5 aliphatic carbocycles. The summed E-state index contributed by atoms with van der Waals surface area (Å²) in [7, 11) is 0. The van der Waals surface area contributed by atoms with Crippen molar-refractivity contribution in [3.63, 3.8) is 0 Å². The van der Waals surface area contributed by atoms with Crippen LogP contribution in [0.4, 0.5) is 0 Å². The molecule has 12 atom stereocenters. The lowest BCUT2D eigenvalue weighted by atomic mass is 9.33. The maximum Gasteiger partial charge on any atom is 0.0913 e. The van der Waals surface area contributed by atoms with Gasteiger partial charge >= 0.3 is 0 Å². The van der Waals surface area contributed by atoms with E-state index >= 15 is 0 Å². The van der Waals surface area contributed by atoms with Crippen LogP contribution in [-0.2, 0) is 0 Å². The van der Waals surface area contributed by atoms with Crippen molar-refractivity contribution in [3.8, 4) is 0 Å². The Morgan fingerprint density at radius 3 is 2.06 bits per heavy atom. The Balaban J connectivity index is 1.64. The molecule has 5 aliphatic rings. The van der Waals surface area contributed by atoms with Gasteiger partial charge < -0.3 is 30.6 Å². The molecule has 0 bridgehead atoms. The molecule has 0 aromatic heterocycles. The number of hydrogen-bond donors (Lipinski definition) is 6. The van der Waals surface area contributed by atoms with E-state index in [1.807, 2.05) is 13.8 Å². The van der Waals surface area contributed by atoms with Crippen molar-refractivity contribution in [1.29, 1.82) is 0 Å². The molecule has 0 radical (unpaired) electrons. The van der Waals surface area contributed by atoms with Gasteiger partial charge in [-0.25, -0.2) is 0 Å². The van der Waals surface area contributed by atoms with Crippen LogP contribution in [-0.4, -0.2) is 67.8 Å². The van der Waals surface area contributed by atoms with Gasteiger partial charge in [0.2, 0.25) is 0 Å². The Hall–Kier alpha value is -0.500. The van der Waals surface area contributed by atoms with Crippen LogP contribution in [0.1, 0.15) is 87.0 Å². The van der Waals surface area contributed by atoms with Crippen LogP contribution in [0, 0.1) is 50.2 Å². The zero-order valence-electron chi connectivity index (χ0n) is 23.3. The van der Waals surface area contributed by atoms with Crippen molar-refractivity contribution >= 4 is 0 Å². The van der Waals surface area contributed by atoms with Gasteiger partial charge in [-0.15, -0.1) is 0 Å². The van der Waals surface area contributed by atoms with E-state index in [9.17, 15) is 30.6 Å². The van der Waals surface area contributed by atoms with Crippen LogP contribution in [0.5, 0.6) is 0 Å². The summed E-state index contributed by atoms with van der Waals surface area (Å²) >= 11 is 0. The predicted octanol–water partition coefficient (Wildman–Crippen LogP) is 3.02. The van der Waals surface area contributed by atoms with E-state index in [2.05, 4.69) is 40.7 Å².